The second-order valence-corrected chi connectivity index (χ2v) is 7.03. The summed E-state index contributed by atoms with van der Waals surface area (Å²) < 4.78 is 10.9. The van der Waals surface area contributed by atoms with E-state index in [1.54, 1.807) is 42.3 Å². The van der Waals surface area contributed by atoms with E-state index < -0.39 is 0 Å². The van der Waals surface area contributed by atoms with Crippen molar-refractivity contribution in [3.63, 3.8) is 0 Å². The van der Waals surface area contributed by atoms with E-state index in [0.717, 1.165) is 11.3 Å². The zero-order chi connectivity index (χ0) is 20.1. The van der Waals surface area contributed by atoms with E-state index in [1.165, 1.54) is 0 Å². The third kappa shape index (κ3) is 4.75. The lowest BCUT2D eigenvalue weighted by Crippen LogP contribution is -2.44. The molecule has 0 saturated heterocycles. The Labute approximate surface area is 169 Å². The number of methoxy groups -OCH3 is 1. The minimum atomic E-state index is -0.337. The summed E-state index contributed by atoms with van der Waals surface area (Å²) in [5.74, 6) is 0.707. The molecule has 1 N–H and O–H groups in total. The van der Waals surface area contributed by atoms with Gasteiger partial charge in [0.25, 0.3) is 0 Å². The number of ether oxygens (including phenoxy) is 2. The Kier molecular flexibility index (Phi) is 6.41. The minimum absolute atomic E-state index is 0.0224. The third-order valence-corrected chi connectivity index (χ3v) is 4.89. The predicted molar refractivity (Wildman–Crippen MR) is 108 cm³/mol. The van der Waals surface area contributed by atoms with Crippen LogP contribution in [0.5, 0.6) is 11.5 Å². The number of carbonyl (C=O) groups excluding carboxylic acids is 2. The van der Waals surface area contributed by atoms with Crippen molar-refractivity contribution in [2.24, 2.45) is 5.92 Å². The number of rotatable bonds is 6. The Morgan fingerprint density at radius 2 is 2.11 bits per heavy atom. The van der Waals surface area contributed by atoms with Crippen LogP contribution in [0.15, 0.2) is 42.5 Å². The average Bonchev–Trinajstić information content (AvgIpc) is 2.71. The number of benzene rings is 2. The molecule has 0 fully saturated rings. The molecular formula is C21H23ClN2O4. The van der Waals surface area contributed by atoms with Gasteiger partial charge in [0, 0.05) is 23.3 Å². The second-order valence-electron chi connectivity index (χ2n) is 6.60. The molecule has 2 aromatic rings. The van der Waals surface area contributed by atoms with E-state index in [1.807, 2.05) is 19.1 Å². The summed E-state index contributed by atoms with van der Waals surface area (Å²) in [5.41, 5.74) is 1.53. The molecule has 0 aromatic heterocycles. The summed E-state index contributed by atoms with van der Waals surface area (Å²) in [6.45, 7) is 2.56. The molecule has 2 aromatic carbocycles. The maximum absolute atomic E-state index is 12.9. The van der Waals surface area contributed by atoms with Gasteiger partial charge in [-0.2, -0.15) is 0 Å². The van der Waals surface area contributed by atoms with E-state index in [9.17, 15) is 9.59 Å². The van der Waals surface area contributed by atoms with Gasteiger partial charge in [0.1, 0.15) is 18.1 Å². The van der Waals surface area contributed by atoms with E-state index in [0.29, 0.717) is 36.0 Å². The highest BCUT2D eigenvalue weighted by atomic mass is 35.5. The summed E-state index contributed by atoms with van der Waals surface area (Å²) in [4.78, 5) is 26.9. The van der Waals surface area contributed by atoms with E-state index in [4.69, 9.17) is 21.1 Å². The standard InChI is InChI=1S/C21H23ClN2O4/c1-3-24(12-20(25)23-17-5-4-6-18(11-17)27-2)21(26)15-9-14-10-16(22)7-8-19(14)28-13-15/h4-8,10-11,15H,3,9,12-13H2,1-2H3,(H,23,25). The normalized spacial score (nSPS) is 15.2. The third-order valence-electron chi connectivity index (χ3n) is 4.66. The summed E-state index contributed by atoms with van der Waals surface area (Å²) in [6.07, 6.45) is 0.544. The zero-order valence-corrected chi connectivity index (χ0v) is 16.7. The molecule has 7 heteroatoms. The molecule has 0 radical (unpaired) electrons. The fraction of sp³-hybridized carbons (Fsp3) is 0.333. The molecule has 1 aliphatic heterocycles. The van der Waals surface area contributed by atoms with Crippen molar-refractivity contribution < 1.29 is 19.1 Å². The van der Waals surface area contributed by atoms with Gasteiger partial charge in [-0.1, -0.05) is 17.7 Å². The average molecular weight is 403 g/mol. The number of hydrogen-bond donors (Lipinski definition) is 1. The molecule has 1 aliphatic rings. The molecular weight excluding hydrogens is 380 g/mol. The first kappa shape index (κ1) is 20.0. The van der Waals surface area contributed by atoms with Gasteiger partial charge in [0.05, 0.1) is 19.6 Å². The van der Waals surface area contributed by atoms with Crippen LogP contribution in [0.1, 0.15) is 12.5 Å². The molecule has 0 saturated carbocycles. The largest absolute Gasteiger partial charge is 0.497 e. The summed E-state index contributed by atoms with van der Waals surface area (Å²) in [5, 5.41) is 3.41. The van der Waals surface area contributed by atoms with Crippen molar-refractivity contribution in [3.8, 4) is 11.5 Å². The first-order chi connectivity index (χ1) is 13.5. The van der Waals surface area contributed by atoms with Gasteiger partial charge in [-0.3, -0.25) is 9.59 Å². The van der Waals surface area contributed by atoms with Gasteiger partial charge in [0.15, 0.2) is 0 Å². The smallest absolute Gasteiger partial charge is 0.243 e. The van der Waals surface area contributed by atoms with Crippen molar-refractivity contribution in [1.82, 2.24) is 4.90 Å². The van der Waals surface area contributed by atoms with E-state index in [-0.39, 0.29) is 24.3 Å². The van der Waals surface area contributed by atoms with Crippen molar-refractivity contribution in [1.29, 1.82) is 0 Å². The Hall–Kier alpha value is -2.73. The van der Waals surface area contributed by atoms with Crippen LogP contribution in [0.2, 0.25) is 5.02 Å². The molecule has 0 bridgehead atoms. The van der Waals surface area contributed by atoms with Crippen LogP contribution < -0.4 is 14.8 Å². The maximum Gasteiger partial charge on any atom is 0.243 e. The van der Waals surface area contributed by atoms with Crippen molar-refractivity contribution in [2.75, 3.05) is 32.1 Å². The lowest BCUT2D eigenvalue weighted by Gasteiger charge is -2.29. The van der Waals surface area contributed by atoms with Crippen LogP contribution in [0.4, 0.5) is 5.69 Å². The molecule has 3 rings (SSSR count). The fourth-order valence-corrected chi connectivity index (χ4v) is 3.39. The lowest BCUT2D eigenvalue weighted by atomic mass is 9.95. The molecule has 148 valence electrons. The highest BCUT2D eigenvalue weighted by Gasteiger charge is 2.30. The molecule has 1 atom stereocenters. The molecule has 1 heterocycles. The van der Waals surface area contributed by atoms with Crippen LogP contribution in [-0.4, -0.2) is 43.5 Å². The first-order valence-corrected chi connectivity index (χ1v) is 9.52. The number of halogens is 1. The fourth-order valence-electron chi connectivity index (χ4n) is 3.20. The number of amides is 2. The van der Waals surface area contributed by atoms with Crippen LogP contribution in [0.3, 0.4) is 0 Å². The van der Waals surface area contributed by atoms with E-state index >= 15 is 0 Å². The Morgan fingerprint density at radius 3 is 2.86 bits per heavy atom. The lowest BCUT2D eigenvalue weighted by molar-refractivity contribution is -0.139. The van der Waals surface area contributed by atoms with Crippen LogP contribution in [0.25, 0.3) is 0 Å². The zero-order valence-electron chi connectivity index (χ0n) is 15.9. The maximum atomic E-state index is 12.9. The van der Waals surface area contributed by atoms with Crippen molar-refractivity contribution >= 4 is 29.1 Å². The number of nitrogens with one attached hydrogen (secondary N) is 1. The minimum Gasteiger partial charge on any atom is -0.497 e. The molecule has 2 amide bonds. The Balaban J connectivity index is 1.62. The highest BCUT2D eigenvalue weighted by Crippen LogP contribution is 2.30. The number of carbonyl (C=O) groups is 2. The highest BCUT2D eigenvalue weighted by molar-refractivity contribution is 6.30. The van der Waals surface area contributed by atoms with Crippen molar-refractivity contribution in [3.05, 3.63) is 53.1 Å². The monoisotopic (exact) mass is 402 g/mol. The van der Waals surface area contributed by atoms with Crippen LogP contribution >= 0.6 is 11.6 Å². The second kappa shape index (κ2) is 8.97. The number of anilines is 1. The summed E-state index contributed by atoms with van der Waals surface area (Å²) in [6, 6.07) is 12.5. The van der Waals surface area contributed by atoms with Gasteiger partial charge >= 0.3 is 0 Å². The van der Waals surface area contributed by atoms with Gasteiger partial charge in [-0.25, -0.2) is 0 Å². The quantitative estimate of drug-likeness (QED) is 0.804. The number of nitrogens with zero attached hydrogens (tertiary/aromatic N) is 1. The predicted octanol–water partition coefficient (Wildman–Crippen LogP) is 3.39. The molecule has 6 nitrogen and oxygen atoms in total. The molecule has 0 spiro atoms. The van der Waals surface area contributed by atoms with Gasteiger partial charge < -0.3 is 19.7 Å². The molecule has 1 unspecified atom stereocenters. The van der Waals surface area contributed by atoms with Gasteiger partial charge in [0.2, 0.25) is 11.8 Å². The van der Waals surface area contributed by atoms with E-state index in [2.05, 4.69) is 5.32 Å². The Morgan fingerprint density at radius 1 is 1.29 bits per heavy atom. The summed E-state index contributed by atoms with van der Waals surface area (Å²) >= 11 is 6.05. The van der Waals surface area contributed by atoms with Gasteiger partial charge in [-0.15, -0.1) is 0 Å². The number of fused-ring (bicyclic) bond motifs is 1. The number of likely N-dealkylation sites (N-methyl/N-ethyl adjacent to an activating group) is 1. The first-order valence-electron chi connectivity index (χ1n) is 9.14. The van der Waals surface area contributed by atoms with Crippen molar-refractivity contribution in [2.45, 2.75) is 13.3 Å². The summed E-state index contributed by atoms with van der Waals surface area (Å²) in [7, 11) is 1.57. The topological polar surface area (TPSA) is 67.9 Å². The van der Waals surface area contributed by atoms with Gasteiger partial charge in [-0.05, 0) is 49.2 Å². The Bertz CT molecular complexity index is 871. The van der Waals surface area contributed by atoms with Crippen LogP contribution in [-0.2, 0) is 16.0 Å². The molecule has 28 heavy (non-hydrogen) atoms. The van der Waals surface area contributed by atoms with Crippen LogP contribution in [0, 0.1) is 5.92 Å². The SMILES string of the molecule is CCN(CC(=O)Nc1cccc(OC)c1)C(=O)C1COc2ccc(Cl)cc2C1. The molecule has 0 aliphatic carbocycles. The number of hydrogen-bond acceptors (Lipinski definition) is 4.